The van der Waals surface area contributed by atoms with Crippen LogP contribution in [-0.2, 0) is 14.3 Å². The quantitative estimate of drug-likeness (QED) is 0.754. The Morgan fingerprint density at radius 3 is 2.75 bits per heavy atom. The second-order valence-corrected chi connectivity index (χ2v) is 5.54. The van der Waals surface area contributed by atoms with Crippen molar-refractivity contribution in [2.75, 3.05) is 19.7 Å². The fourth-order valence-corrected chi connectivity index (χ4v) is 2.83. The zero-order valence-electron chi connectivity index (χ0n) is 11.8. The molecule has 0 spiro atoms. The van der Waals surface area contributed by atoms with Crippen LogP contribution >= 0.6 is 0 Å². The smallest absolute Gasteiger partial charge is 0.305 e. The fraction of sp³-hybridized carbons (Fsp3) is 0.733. The van der Waals surface area contributed by atoms with Crippen molar-refractivity contribution in [3.63, 3.8) is 0 Å². The van der Waals surface area contributed by atoms with Gasteiger partial charge in [-0.25, -0.2) is 0 Å². The predicted molar refractivity (Wildman–Crippen MR) is 74.3 cm³/mol. The van der Waals surface area contributed by atoms with Crippen molar-refractivity contribution >= 4 is 11.9 Å². The van der Waals surface area contributed by atoms with E-state index < -0.39 is 5.97 Å². The number of aliphatic carboxylic acids is 1. The number of nitrogens with zero attached hydrogens (tertiary/aromatic N) is 1. The number of carboxylic acids is 1. The van der Waals surface area contributed by atoms with Crippen LogP contribution in [0.3, 0.4) is 0 Å². The van der Waals surface area contributed by atoms with E-state index in [0.717, 1.165) is 38.7 Å². The molecule has 0 unspecified atom stereocenters. The van der Waals surface area contributed by atoms with Crippen LogP contribution in [0.5, 0.6) is 0 Å². The Morgan fingerprint density at radius 2 is 2.15 bits per heavy atom. The molecule has 1 aliphatic carbocycles. The summed E-state index contributed by atoms with van der Waals surface area (Å²) in [6.45, 7) is 1.57. The lowest BCUT2D eigenvalue weighted by molar-refractivity contribution is -0.140. The molecule has 0 aromatic carbocycles. The Balaban J connectivity index is 1.93. The van der Waals surface area contributed by atoms with E-state index in [1.165, 1.54) is 0 Å². The fourth-order valence-electron chi connectivity index (χ4n) is 2.83. The normalized spacial score (nSPS) is 25.6. The molecular formula is C15H23NO4. The first-order valence-electron chi connectivity index (χ1n) is 7.44. The highest BCUT2D eigenvalue weighted by molar-refractivity contribution is 5.80. The number of carbonyl (C=O) groups is 2. The average Bonchev–Trinajstić information content (AvgIpc) is 2.96. The third-order valence-electron chi connectivity index (χ3n) is 3.97. The molecule has 1 fully saturated rings. The van der Waals surface area contributed by atoms with Gasteiger partial charge >= 0.3 is 5.97 Å². The van der Waals surface area contributed by atoms with Crippen molar-refractivity contribution in [3.8, 4) is 0 Å². The van der Waals surface area contributed by atoms with Crippen LogP contribution in [0, 0.1) is 5.92 Å². The molecule has 1 N–H and O–H groups in total. The highest BCUT2D eigenvalue weighted by atomic mass is 16.5. The molecule has 1 aliphatic heterocycles. The molecule has 0 saturated carbocycles. The van der Waals surface area contributed by atoms with Crippen LogP contribution in [0.2, 0.25) is 0 Å². The van der Waals surface area contributed by atoms with Gasteiger partial charge in [-0.05, 0) is 32.1 Å². The van der Waals surface area contributed by atoms with Crippen LogP contribution in [0.1, 0.15) is 38.5 Å². The summed E-state index contributed by atoms with van der Waals surface area (Å²) in [7, 11) is 0. The van der Waals surface area contributed by atoms with Crippen LogP contribution < -0.4 is 0 Å². The van der Waals surface area contributed by atoms with Gasteiger partial charge in [0.15, 0.2) is 0 Å². The molecule has 1 heterocycles. The molecule has 0 radical (unpaired) electrons. The number of rotatable bonds is 6. The summed E-state index contributed by atoms with van der Waals surface area (Å²) < 4.78 is 5.57. The van der Waals surface area contributed by atoms with E-state index in [0.29, 0.717) is 6.54 Å². The molecule has 0 aromatic heterocycles. The zero-order chi connectivity index (χ0) is 14.4. The Labute approximate surface area is 119 Å². The van der Waals surface area contributed by atoms with Gasteiger partial charge in [-0.1, -0.05) is 12.2 Å². The third kappa shape index (κ3) is 4.34. The molecule has 1 amide bonds. The minimum absolute atomic E-state index is 0.00101. The Hall–Kier alpha value is -1.36. The number of ether oxygens (including phenoxy) is 1. The molecule has 0 aromatic rings. The van der Waals surface area contributed by atoms with Crippen LogP contribution in [0.15, 0.2) is 12.2 Å². The first-order valence-corrected chi connectivity index (χ1v) is 7.44. The number of carboxylic acid groups (broad SMARTS) is 1. The Morgan fingerprint density at radius 1 is 1.30 bits per heavy atom. The molecule has 0 bridgehead atoms. The highest BCUT2D eigenvalue weighted by Crippen LogP contribution is 2.22. The van der Waals surface area contributed by atoms with Crippen molar-refractivity contribution < 1.29 is 19.4 Å². The molecule has 5 nitrogen and oxygen atoms in total. The largest absolute Gasteiger partial charge is 0.481 e. The van der Waals surface area contributed by atoms with Crippen LogP contribution in [0.25, 0.3) is 0 Å². The van der Waals surface area contributed by atoms with E-state index in [1.807, 2.05) is 6.08 Å². The second kappa shape index (κ2) is 7.43. The number of amides is 1. The molecular weight excluding hydrogens is 258 g/mol. The first kappa shape index (κ1) is 15.0. The lowest BCUT2D eigenvalue weighted by Crippen LogP contribution is -2.42. The van der Waals surface area contributed by atoms with Crippen molar-refractivity contribution in [2.45, 2.75) is 44.6 Å². The minimum Gasteiger partial charge on any atom is -0.481 e. The maximum Gasteiger partial charge on any atom is 0.305 e. The minimum atomic E-state index is -0.862. The monoisotopic (exact) mass is 281 g/mol. The standard InChI is InChI=1S/C15H23NO4/c17-14(18)8-9-16(11-13-7-4-10-20-13)15(19)12-5-2-1-3-6-12/h1-2,12-13H,3-11H2,(H,17,18)/t12-,13-/m0/s1. The summed E-state index contributed by atoms with van der Waals surface area (Å²) in [5.74, 6) is -0.764. The van der Waals surface area contributed by atoms with E-state index in [2.05, 4.69) is 6.08 Å². The van der Waals surface area contributed by atoms with Crippen molar-refractivity contribution in [1.82, 2.24) is 4.90 Å². The van der Waals surface area contributed by atoms with E-state index in [1.54, 1.807) is 4.90 Å². The van der Waals surface area contributed by atoms with E-state index in [-0.39, 0.29) is 30.9 Å². The van der Waals surface area contributed by atoms with E-state index in [9.17, 15) is 9.59 Å². The van der Waals surface area contributed by atoms with E-state index >= 15 is 0 Å². The summed E-state index contributed by atoms with van der Waals surface area (Å²) in [6, 6.07) is 0. The molecule has 2 aliphatic rings. The zero-order valence-corrected chi connectivity index (χ0v) is 11.8. The van der Waals surface area contributed by atoms with Gasteiger partial charge in [-0.3, -0.25) is 9.59 Å². The summed E-state index contributed by atoms with van der Waals surface area (Å²) in [5, 5.41) is 8.83. The predicted octanol–water partition coefficient (Wildman–Crippen LogP) is 1.82. The van der Waals surface area contributed by atoms with Crippen LogP contribution in [0.4, 0.5) is 0 Å². The van der Waals surface area contributed by atoms with Gasteiger partial charge in [0.05, 0.1) is 12.5 Å². The number of carbonyl (C=O) groups excluding carboxylic acids is 1. The van der Waals surface area contributed by atoms with E-state index in [4.69, 9.17) is 9.84 Å². The number of hydrogen-bond donors (Lipinski definition) is 1. The Bertz CT molecular complexity index is 374. The SMILES string of the molecule is O=C(O)CCN(C[C@@H]1CCCO1)C(=O)[C@H]1CC=CCC1. The molecule has 5 heteroatoms. The van der Waals surface area contributed by atoms with Gasteiger partial charge in [-0.15, -0.1) is 0 Å². The van der Waals surface area contributed by atoms with Gasteiger partial charge < -0.3 is 14.7 Å². The maximum absolute atomic E-state index is 12.5. The molecule has 20 heavy (non-hydrogen) atoms. The summed E-state index contributed by atoms with van der Waals surface area (Å²) in [4.78, 5) is 25.0. The lowest BCUT2D eigenvalue weighted by atomic mass is 9.93. The average molecular weight is 281 g/mol. The van der Waals surface area contributed by atoms with Gasteiger partial charge in [-0.2, -0.15) is 0 Å². The molecule has 2 rings (SSSR count). The van der Waals surface area contributed by atoms with Gasteiger partial charge in [0, 0.05) is 25.6 Å². The topological polar surface area (TPSA) is 66.8 Å². The van der Waals surface area contributed by atoms with Gasteiger partial charge in [0.25, 0.3) is 0 Å². The van der Waals surface area contributed by atoms with Crippen LogP contribution in [-0.4, -0.2) is 47.7 Å². The maximum atomic E-state index is 12.5. The summed E-state index contributed by atoms with van der Waals surface area (Å²) in [6.07, 6.45) is 8.78. The highest BCUT2D eigenvalue weighted by Gasteiger charge is 2.28. The molecule has 1 saturated heterocycles. The van der Waals surface area contributed by atoms with Gasteiger partial charge in [0.1, 0.15) is 0 Å². The third-order valence-corrected chi connectivity index (χ3v) is 3.97. The molecule has 2 atom stereocenters. The van der Waals surface area contributed by atoms with Crippen molar-refractivity contribution in [3.05, 3.63) is 12.2 Å². The molecule has 112 valence electrons. The lowest BCUT2D eigenvalue weighted by Gasteiger charge is -2.29. The second-order valence-electron chi connectivity index (χ2n) is 5.54. The van der Waals surface area contributed by atoms with Crippen molar-refractivity contribution in [2.24, 2.45) is 5.92 Å². The summed E-state index contributed by atoms with van der Waals surface area (Å²) in [5.41, 5.74) is 0. The summed E-state index contributed by atoms with van der Waals surface area (Å²) >= 11 is 0. The van der Waals surface area contributed by atoms with Gasteiger partial charge in [0.2, 0.25) is 5.91 Å². The number of hydrogen-bond acceptors (Lipinski definition) is 3. The number of allylic oxidation sites excluding steroid dienone is 2. The Kier molecular flexibility index (Phi) is 5.59. The first-order chi connectivity index (χ1) is 9.66. The van der Waals surface area contributed by atoms with Crippen molar-refractivity contribution in [1.29, 1.82) is 0 Å².